The Morgan fingerprint density at radius 2 is 2.26 bits per heavy atom. The zero-order valence-electron chi connectivity index (χ0n) is 12.6. The Hall–Kier alpha value is -2.22. The van der Waals surface area contributed by atoms with Gasteiger partial charge in [-0.15, -0.1) is 0 Å². The number of aromatic nitrogens is 2. The van der Waals surface area contributed by atoms with E-state index in [0.29, 0.717) is 23.2 Å². The minimum absolute atomic E-state index is 0.0352. The molecule has 1 aliphatic heterocycles. The van der Waals surface area contributed by atoms with E-state index in [4.69, 9.17) is 9.26 Å². The molecule has 1 fully saturated rings. The van der Waals surface area contributed by atoms with Crippen LogP contribution in [0.25, 0.3) is 11.4 Å². The lowest BCUT2D eigenvalue weighted by Crippen LogP contribution is -2.10. The molecule has 0 aliphatic carbocycles. The van der Waals surface area contributed by atoms with E-state index in [0.717, 1.165) is 25.9 Å². The molecule has 1 saturated heterocycles. The zero-order chi connectivity index (χ0) is 16.2. The first-order valence-electron chi connectivity index (χ1n) is 7.32. The third-order valence-electron chi connectivity index (χ3n) is 3.73. The normalized spacial score (nSPS) is 17.7. The van der Waals surface area contributed by atoms with Crippen molar-refractivity contribution in [3.8, 4) is 22.9 Å². The van der Waals surface area contributed by atoms with Gasteiger partial charge in [-0.3, -0.25) is 0 Å². The molecule has 0 radical (unpaired) electrons. The van der Waals surface area contributed by atoms with E-state index in [1.54, 1.807) is 12.1 Å². The van der Waals surface area contributed by atoms with Crippen LogP contribution in [-0.4, -0.2) is 37.0 Å². The molecule has 0 bridgehead atoms. The molecule has 124 valence electrons. The van der Waals surface area contributed by atoms with Crippen LogP contribution in [0, 0.1) is 5.92 Å². The Morgan fingerprint density at radius 1 is 1.39 bits per heavy atom. The molecule has 8 heteroatoms. The van der Waals surface area contributed by atoms with Crippen molar-refractivity contribution in [1.82, 2.24) is 15.5 Å². The van der Waals surface area contributed by atoms with Crippen molar-refractivity contribution in [3.63, 3.8) is 0 Å². The summed E-state index contributed by atoms with van der Waals surface area (Å²) >= 11 is 0. The van der Waals surface area contributed by atoms with E-state index in [1.807, 2.05) is 0 Å². The van der Waals surface area contributed by atoms with Crippen molar-refractivity contribution in [1.29, 1.82) is 0 Å². The number of rotatable bonds is 6. The smallest absolute Gasteiger partial charge is 0.387 e. The van der Waals surface area contributed by atoms with E-state index >= 15 is 0 Å². The Balaban J connectivity index is 1.77. The van der Waals surface area contributed by atoms with E-state index < -0.39 is 6.61 Å². The predicted molar refractivity (Wildman–Crippen MR) is 77.6 cm³/mol. The third kappa shape index (κ3) is 3.76. The van der Waals surface area contributed by atoms with Crippen LogP contribution in [0.15, 0.2) is 22.7 Å². The van der Waals surface area contributed by atoms with Crippen LogP contribution < -0.4 is 14.8 Å². The van der Waals surface area contributed by atoms with Crippen LogP contribution in [0.3, 0.4) is 0 Å². The summed E-state index contributed by atoms with van der Waals surface area (Å²) in [6.07, 6.45) is 1.81. The fourth-order valence-electron chi connectivity index (χ4n) is 2.59. The largest absolute Gasteiger partial charge is 0.493 e. The van der Waals surface area contributed by atoms with Crippen LogP contribution >= 0.6 is 0 Å². The maximum Gasteiger partial charge on any atom is 0.387 e. The quantitative estimate of drug-likeness (QED) is 0.880. The molecule has 6 nitrogen and oxygen atoms in total. The number of benzene rings is 1. The topological polar surface area (TPSA) is 69.4 Å². The number of nitrogens with one attached hydrogen (secondary N) is 1. The summed E-state index contributed by atoms with van der Waals surface area (Å²) in [5.41, 5.74) is 0.614. The first-order valence-corrected chi connectivity index (χ1v) is 7.32. The Morgan fingerprint density at radius 3 is 2.96 bits per heavy atom. The summed E-state index contributed by atoms with van der Waals surface area (Å²) in [4.78, 5) is 4.36. The number of halogens is 2. The Labute approximate surface area is 131 Å². The van der Waals surface area contributed by atoms with Crippen molar-refractivity contribution < 1.29 is 22.8 Å². The highest BCUT2D eigenvalue weighted by molar-refractivity contribution is 5.60. The molecule has 1 atom stereocenters. The lowest BCUT2D eigenvalue weighted by atomic mass is 10.1. The van der Waals surface area contributed by atoms with E-state index in [1.165, 1.54) is 13.2 Å². The van der Waals surface area contributed by atoms with Crippen LogP contribution in [-0.2, 0) is 6.42 Å². The second kappa shape index (κ2) is 6.91. The van der Waals surface area contributed by atoms with Crippen LogP contribution in [0.4, 0.5) is 8.78 Å². The molecule has 1 aromatic heterocycles. The molecule has 0 amide bonds. The standard InChI is InChI=1S/C15H17F2N3O3/c1-21-12-7-10(2-3-11(12)22-15(16)17)14-19-13(23-20-14)6-9-4-5-18-8-9/h2-3,7,9,15,18H,4-6,8H2,1H3. The SMILES string of the molecule is COc1cc(-c2noc(CC3CCNC3)n2)ccc1OC(F)F. The molecule has 23 heavy (non-hydrogen) atoms. The Kier molecular flexibility index (Phi) is 4.71. The third-order valence-corrected chi connectivity index (χ3v) is 3.73. The molecule has 1 unspecified atom stereocenters. The molecule has 1 aliphatic rings. The highest BCUT2D eigenvalue weighted by atomic mass is 19.3. The molecular formula is C15H17F2N3O3. The van der Waals surface area contributed by atoms with Crippen molar-refractivity contribution in [3.05, 3.63) is 24.1 Å². The number of alkyl halides is 2. The molecule has 0 spiro atoms. The molecule has 0 saturated carbocycles. The summed E-state index contributed by atoms with van der Waals surface area (Å²) in [7, 11) is 1.38. The van der Waals surface area contributed by atoms with Gasteiger partial charge in [0.2, 0.25) is 11.7 Å². The highest BCUT2D eigenvalue weighted by Crippen LogP contribution is 2.32. The minimum atomic E-state index is -2.91. The van der Waals surface area contributed by atoms with Crippen molar-refractivity contribution in [2.75, 3.05) is 20.2 Å². The van der Waals surface area contributed by atoms with Crippen LogP contribution in [0.5, 0.6) is 11.5 Å². The summed E-state index contributed by atoms with van der Waals surface area (Å²) < 4.78 is 39.4. The first-order chi connectivity index (χ1) is 11.2. The van der Waals surface area contributed by atoms with Gasteiger partial charge in [0.05, 0.1) is 7.11 Å². The average molecular weight is 325 g/mol. The van der Waals surface area contributed by atoms with Crippen molar-refractivity contribution >= 4 is 0 Å². The van der Waals surface area contributed by atoms with Gasteiger partial charge in [0.1, 0.15) is 0 Å². The van der Waals surface area contributed by atoms with E-state index in [-0.39, 0.29) is 11.5 Å². The Bertz CT molecular complexity index is 657. The highest BCUT2D eigenvalue weighted by Gasteiger charge is 2.19. The van der Waals surface area contributed by atoms with Gasteiger partial charge in [-0.25, -0.2) is 0 Å². The van der Waals surface area contributed by atoms with Crippen molar-refractivity contribution in [2.45, 2.75) is 19.5 Å². The van der Waals surface area contributed by atoms with Gasteiger partial charge < -0.3 is 19.3 Å². The molecule has 2 heterocycles. The van der Waals surface area contributed by atoms with Crippen molar-refractivity contribution in [2.24, 2.45) is 5.92 Å². The summed E-state index contributed by atoms with van der Waals surface area (Å²) in [6, 6.07) is 4.53. The maximum atomic E-state index is 12.3. The van der Waals surface area contributed by atoms with Gasteiger partial charge in [-0.1, -0.05) is 5.16 Å². The van der Waals surface area contributed by atoms with Gasteiger partial charge in [0, 0.05) is 12.0 Å². The number of hydrogen-bond donors (Lipinski definition) is 1. The molecule has 1 N–H and O–H groups in total. The molecule has 1 aromatic carbocycles. The van der Waals surface area contributed by atoms with Gasteiger partial charge in [0.15, 0.2) is 11.5 Å². The first kappa shape index (κ1) is 15.7. The van der Waals surface area contributed by atoms with E-state index in [9.17, 15) is 8.78 Å². The van der Waals surface area contributed by atoms with Crippen LogP contribution in [0.1, 0.15) is 12.3 Å². The van der Waals surface area contributed by atoms with Gasteiger partial charge in [0.25, 0.3) is 0 Å². The monoisotopic (exact) mass is 325 g/mol. The van der Waals surface area contributed by atoms with Gasteiger partial charge >= 0.3 is 6.61 Å². The summed E-state index contributed by atoms with van der Waals surface area (Å²) in [6.45, 7) is -0.953. The number of methoxy groups -OCH3 is 1. The number of hydrogen-bond acceptors (Lipinski definition) is 6. The molecular weight excluding hydrogens is 308 g/mol. The zero-order valence-corrected chi connectivity index (χ0v) is 12.6. The van der Waals surface area contributed by atoms with E-state index in [2.05, 4.69) is 20.2 Å². The predicted octanol–water partition coefficient (Wildman–Crippen LogP) is 2.50. The van der Waals surface area contributed by atoms with Gasteiger partial charge in [-0.05, 0) is 43.6 Å². The maximum absolute atomic E-state index is 12.3. The second-order valence-electron chi connectivity index (χ2n) is 5.32. The number of nitrogens with zero attached hydrogens (tertiary/aromatic N) is 2. The molecule has 2 aromatic rings. The minimum Gasteiger partial charge on any atom is -0.493 e. The summed E-state index contributed by atoms with van der Waals surface area (Å²) in [5.74, 6) is 1.62. The lowest BCUT2D eigenvalue weighted by molar-refractivity contribution is -0.0512. The van der Waals surface area contributed by atoms with Crippen LogP contribution in [0.2, 0.25) is 0 Å². The molecule has 3 rings (SSSR count). The fourth-order valence-corrected chi connectivity index (χ4v) is 2.59. The second-order valence-corrected chi connectivity index (χ2v) is 5.32. The lowest BCUT2D eigenvalue weighted by Gasteiger charge is -2.10. The average Bonchev–Trinajstić information content (AvgIpc) is 3.19. The van der Waals surface area contributed by atoms with Gasteiger partial charge in [-0.2, -0.15) is 13.8 Å². The summed E-state index contributed by atoms with van der Waals surface area (Å²) in [5, 5.41) is 7.23. The fraction of sp³-hybridized carbons (Fsp3) is 0.467. The number of ether oxygens (including phenoxy) is 2.